The van der Waals surface area contributed by atoms with Gasteiger partial charge in [-0.05, 0) is 24.6 Å². The summed E-state index contributed by atoms with van der Waals surface area (Å²) in [4.78, 5) is 0.125. The topological polar surface area (TPSA) is 96.0 Å². The van der Waals surface area contributed by atoms with Crippen LogP contribution in [0.5, 0.6) is 0 Å². The van der Waals surface area contributed by atoms with Crippen LogP contribution in [0.2, 0.25) is 0 Å². The Balaban J connectivity index is 0.00000256. The number of sulfonamides is 1. The maximum Gasteiger partial charge on any atom is 0.240 e. The molecule has 5 nitrogen and oxygen atoms in total. The van der Waals surface area contributed by atoms with Crippen LogP contribution in [-0.2, 0) is 10.0 Å². The Hall–Kier alpha value is -1.13. The van der Waals surface area contributed by atoms with Crippen molar-refractivity contribution in [1.82, 2.24) is 4.72 Å². The SMILES string of the molecule is Cc1ccc(C#N)cc1S(=O)(=O)NCCN.Cl. The number of aryl methyl sites for hydroxylation is 1. The monoisotopic (exact) mass is 275 g/mol. The second kappa shape index (κ2) is 6.57. The highest BCUT2D eigenvalue weighted by Crippen LogP contribution is 2.16. The summed E-state index contributed by atoms with van der Waals surface area (Å²) in [5.74, 6) is 0. The average molecular weight is 276 g/mol. The van der Waals surface area contributed by atoms with Gasteiger partial charge in [0.15, 0.2) is 0 Å². The zero-order valence-electron chi connectivity index (χ0n) is 9.30. The van der Waals surface area contributed by atoms with Gasteiger partial charge in [-0.3, -0.25) is 0 Å². The highest BCUT2D eigenvalue weighted by atomic mass is 35.5. The molecule has 0 atom stereocenters. The summed E-state index contributed by atoms with van der Waals surface area (Å²) < 4.78 is 26.0. The Morgan fingerprint density at radius 2 is 2.12 bits per heavy atom. The van der Waals surface area contributed by atoms with Crippen molar-refractivity contribution in [3.8, 4) is 6.07 Å². The average Bonchev–Trinajstić information content (AvgIpc) is 2.27. The second-order valence-corrected chi connectivity index (χ2v) is 5.01. The first-order valence-corrected chi connectivity index (χ1v) is 6.20. The molecule has 0 fully saturated rings. The molecule has 0 aromatic heterocycles. The molecule has 1 aromatic rings. The van der Waals surface area contributed by atoms with Crippen LogP contribution in [0.4, 0.5) is 0 Å². The highest BCUT2D eigenvalue weighted by Gasteiger charge is 2.16. The minimum Gasteiger partial charge on any atom is -0.329 e. The number of hydrogen-bond donors (Lipinski definition) is 2. The van der Waals surface area contributed by atoms with Gasteiger partial charge in [-0.25, -0.2) is 13.1 Å². The maximum atomic E-state index is 11.8. The van der Waals surface area contributed by atoms with E-state index in [0.29, 0.717) is 11.1 Å². The van der Waals surface area contributed by atoms with Gasteiger partial charge < -0.3 is 5.73 Å². The van der Waals surface area contributed by atoms with Crippen molar-refractivity contribution in [3.63, 3.8) is 0 Å². The fourth-order valence-corrected chi connectivity index (χ4v) is 2.55. The van der Waals surface area contributed by atoms with E-state index in [1.54, 1.807) is 19.1 Å². The largest absolute Gasteiger partial charge is 0.329 e. The molecule has 0 aliphatic heterocycles. The summed E-state index contributed by atoms with van der Waals surface area (Å²) >= 11 is 0. The summed E-state index contributed by atoms with van der Waals surface area (Å²) in [5, 5.41) is 8.71. The first kappa shape index (κ1) is 15.9. The lowest BCUT2D eigenvalue weighted by atomic mass is 10.2. The molecule has 94 valence electrons. The number of nitriles is 1. The Morgan fingerprint density at radius 3 is 2.65 bits per heavy atom. The van der Waals surface area contributed by atoms with E-state index < -0.39 is 10.0 Å². The number of nitrogens with zero attached hydrogens (tertiary/aromatic N) is 1. The smallest absolute Gasteiger partial charge is 0.240 e. The number of benzene rings is 1. The van der Waals surface area contributed by atoms with Crippen LogP contribution in [0.15, 0.2) is 23.1 Å². The molecule has 0 heterocycles. The van der Waals surface area contributed by atoms with Crippen molar-refractivity contribution in [2.24, 2.45) is 5.73 Å². The van der Waals surface area contributed by atoms with E-state index >= 15 is 0 Å². The minimum atomic E-state index is -3.57. The van der Waals surface area contributed by atoms with E-state index in [0.717, 1.165) is 0 Å². The molecule has 3 N–H and O–H groups in total. The van der Waals surface area contributed by atoms with E-state index in [2.05, 4.69) is 4.72 Å². The molecule has 0 bridgehead atoms. The molecule has 0 unspecified atom stereocenters. The standard InChI is InChI=1S/C10H13N3O2S.ClH/c1-8-2-3-9(7-12)6-10(8)16(14,15)13-5-4-11;/h2-3,6,13H,4-5,11H2,1H3;1H. The van der Waals surface area contributed by atoms with Crippen molar-refractivity contribution in [3.05, 3.63) is 29.3 Å². The molecule has 0 aliphatic carbocycles. The molecule has 0 saturated carbocycles. The highest BCUT2D eigenvalue weighted by molar-refractivity contribution is 7.89. The van der Waals surface area contributed by atoms with Crippen LogP contribution in [0.1, 0.15) is 11.1 Å². The lowest BCUT2D eigenvalue weighted by molar-refractivity contribution is 0.581. The van der Waals surface area contributed by atoms with Gasteiger partial charge in [-0.15, -0.1) is 12.4 Å². The summed E-state index contributed by atoms with van der Waals surface area (Å²) in [6.45, 7) is 2.09. The van der Waals surface area contributed by atoms with Gasteiger partial charge in [0.1, 0.15) is 0 Å². The third-order valence-corrected chi connectivity index (χ3v) is 3.65. The lowest BCUT2D eigenvalue weighted by Gasteiger charge is -2.08. The normalized spacial score (nSPS) is 10.4. The quantitative estimate of drug-likeness (QED) is 0.837. The van der Waals surface area contributed by atoms with Crippen molar-refractivity contribution in [1.29, 1.82) is 5.26 Å². The van der Waals surface area contributed by atoms with Crippen LogP contribution in [0.25, 0.3) is 0 Å². The molecule has 0 radical (unpaired) electrons. The first-order chi connectivity index (χ1) is 7.51. The summed E-state index contributed by atoms with van der Waals surface area (Å²) in [7, 11) is -3.57. The molecule has 0 saturated heterocycles. The summed E-state index contributed by atoms with van der Waals surface area (Å²) in [6, 6.07) is 6.45. The summed E-state index contributed by atoms with van der Waals surface area (Å²) in [5.41, 5.74) is 6.15. The Labute approximate surface area is 107 Å². The Bertz CT molecular complexity index is 523. The van der Waals surface area contributed by atoms with E-state index in [-0.39, 0.29) is 30.4 Å². The van der Waals surface area contributed by atoms with E-state index in [9.17, 15) is 8.42 Å². The molecule has 0 aliphatic rings. The molecular formula is C10H14ClN3O2S. The lowest BCUT2D eigenvalue weighted by Crippen LogP contribution is -2.29. The fourth-order valence-electron chi connectivity index (χ4n) is 1.23. The van der Waals surface area contributed by atoms with Crippen LogP contribution in [-0.4, -0.2) is 21.5 Å². The van der Waals surface area contributed by atoms with Crippen LogP contribution < -0.4 is 10.5 Å². The molecule has 0 spiro atoms. The van der Waals surface area contributed by atoms with Gasteiger partial charge >= 0.3 is 0 Å². The van der Waals surface area contributed by atoms with E-state index in [1.165, 1.54) is 6.07 Å². The van der Waals surface area contributed by atoms with Gasteiger partial charge in [0.05, 0.1) is 16.5 Å². The number of rotatable bonds is 4. The third kappa shape index (κ3) is 3.98. The molecule has 0 amide bonds. The van der Waals surface area contributed by atoms with Crippen molar-refractivity contribution in [2.45, 2.75) is 11.8 Å². The number of nitrogens with one attached hydrogen (secondary N) is 1. The molecule has 17 heavy (non-hydrogen) atoms. The van der Waals surface area contributed by atoms with Crippen LogP contribution in [0, 0.1) is 18.3 Å². The number of halogens is 1. The second-order valence-electron chi connectivity index (χ2n) is 3.28. The molecular weight excluding hydrogens is 262 g/mol. The maximum absolute atomic E-state index is 11.8. The predicted octanol–water partition coefficient (Wildman–Crippen LogP) is 0.526. The van der Waals surface area contributed by atoms with E-state index in [1.807, 2.05) is 6.07 Å². The Morgan fingerprint density at radius 1 is 1.47 bits per heavy atom. The molecule has 1 aromatic carbocycles. The Kier molecular flexibility index (Phi) is 6.13. The predicted molar refractivity (Wildman–Crippen MR) is 67.4 cm³/mol. The number of nitrogens with two attached hydrogens (primary N) is 1. The van der Waals surface area contributed by atoms with Gasteiger partial charge in [0, 0.05) is 13.1 Å². The minimum absolute atomic E-state index is 0. The van der Waals surface area contributed by atoms with Gasteiger partial charge in [-0.1, -0.05) is 6.07 Å². The fraction of sp³-hybridized carbons (Fsp3) is 0.300. The molecule has 7 heteroatoms. The third-order valence-electron chi connectivity index (χ3n) is 2.04. The van der Waals surface area contributed by atoms with Crippen molar-refractivity contribution in [2.75, 3.05) is 13.1 Å². The van der Waals surface area contributed by atoms with Crippen LogP contribution >= 0.6 is 12.4 Å². The zero-order chi connectivity index (χ0) is 12.2. The van der Waals surface area contributed by atoms with Gasteiger partial charge in [0.2, 0.25) is 10.0 Å². The zero-order valence-corrected chi connectivity index (χ0v) is 10.9. The number of hydrogen-bond acceptors (Lipinski definition) is 4. The van der Waals surface area contributed by atoms with Crippen LogP contribution in [0.3, 0.4) is 0 Å². The van der Waals surface area contributed by atoms with E-state index in [4.69, 9.17) is 11.0 Å². The van der Waals surface area contributed by atoms with Crippen molar-refractivity contribution >= 4 is 22.4 Å². The van der Waals surface area contributed by atoms with Gasteiger partial charge in [0.25, 0.3) is 0 Å². The first-order valence-electron chi connectivity index (χ1n) is 4.72. The summed E-state index contributed by atoms with van der Waals surface area (Å²) in [6.07, 6.45) is 0. The van der Waals surface area contributed by atoms with Crippen molar-refractivity contribution < 1.29 is 8.42 Å². The van der Waals surface area contributed by atoms with Gasteiger partial charge in [-0.2, -0.15) is 5.26 Å². The molecule has 1 rings (SSSR count).